The fourth-order valence-electron chi connectivity index (χ4n) is 2.75. The third kappa shape index (κ3) is 3.52. The number of hydrogen-bond donors (Lipinski definition) is 1. The lowest BCUT2D eigenvalue weighted by Gasteiger charge is -2.34. The molecule has 1 atom stereocenters. The first kappa shape index (κ1) is 15.3. The van der Waals surface area contributed by atoms with Gasteiger partial charge >= 0.3 is 0 Å². The first-order valence-electron chi connectivity index (χ1n) is 7.25. The topological polar surface area (TPSA) is 57.6 Å². The molecule has 0 spiro atoms. The number of aliphatic hydroxyl groups is 1. The second-order valence-electron chi connectivity index (χ2n) is 5.36. The molecule has 1 aromatic rings. The van der Waals surface area contributed by atoms with Crippen LogP contribution < -0.4 is 4.90 Å². The van der Waals surface area contributed by atoms with E-state index in [0.29, 0.717) is 10.8 Å². The number of rotatable bonds is 5. The molecule has 1 N–H and O–H groups in total. The maximum Gasteiger partial charge on any atom is 0.178 e. The summed E-state index contributed by atoms with van der Waals surface area (Å²) in [5, 5.41) is 9.04. The Morgan fingerprint density at radius 3 is 2.60 bits per heavy atom. The summed E-state index contributed by atoms with van der Waals surface area (Å²) in [5.41, 5.74) is 1.07. The zero-order valence-corrected chi connectivity index (χ0v) is 12.8. The largest absolute Gasteiger partial charge is 0.396 e. The predicted molar refractivity (Wildman–Crippen MR) is 80.8 cm³/mol. The van der Waals surface area contributed by atoms with E-state index >= 15 is 0 Å². The predicted octanol–water partition coefficient (Wildman–Crippen LogP) is 2.08. The van der Waals surface area contributed by atoms with E-state index in [1.54, 1.807) is 19.1 Å². The third-order valence-corrected chi connectivity index (χ3v) is 5.75. The molecular formula is C15H23NO3S. The van der Waals surface area contributed by atoms with Crippen LogP contribution in [0.15, 0.2) is 29.2 Å². The van der Waals surface area contributed by atoms with Crippen molar-refractivity contribution in [2.24, 2.45) is 5.92 Å². The van der Waals surface area contributed by atoms with Crippen LogP contribution >= 0.6 is 0 Å². The molecule has 1 aliphatic rings. The Morgan fingerprint density at radius 2 is 2.00 bits per heavy atom. The smallest absolute Gasteiger partial charge is 0.178 e. The highest BCUT2D eigenvalue weighted by Gasteiger charge is 2.20. The third-order valence-electron chi connectivity index (χ3n) is 4.00. The molecule has 20 heavy (non-hydrogen) atoms. The number of sulfone groups is 1. The van der Waals surface area contributed by atoms with Gasteiger partial charge in [0.1, 0.15) is 0 Å². The molecule has 2 rings (SSSR count). The summed E-state index contributed by atoms with van der Waals surface area (Å²) >= 11 is 0. The monoisotopic (exact) mass is 297 g/mol. The lowest BCUT2D eigenvalue weighted by molar-refractivity contribution is 0.244. The molecule has 0 aliphatic carbocycles. The molecule has 1 fully saturated rings. The Labute approximate surface area is 121 Å². The molecule has 1 unspecified atom stereocenters. The van der Waals surface area contributed by atoms with Crippen LogP contribution in [0.1, 0.15) is 26.2 Å². The Bertz CT molecular complexity index is 523. The molecule has 0 radical (unpaired) electrons. The number of piperidine rings is 1. The Kier molecular flexibility index (Phi) is 5.05. The second-order valence-corrected chi connectivity index (χ2v) is 7.64. The van der Waals surface area contributed by atoms with Crippen LogP contribution in [0.25, 0.3) is 0 Å². The summed E-state index contributed by atoms with van der Waals surface area (Å²) in [6.07, 6.45) is 3.14. The molecular weight excluding hydrogens is 274 g/mol. The van der Waals surface area contributed by atoms with E-state index in [4.69, 9.17) is 5.11 Å². The number of nitrogens with zero attached hydrogens (tertiary/aromatic N) is 1. The van der Waals surface area contributed by atoms with E-state index in [0.717, 1.165) is 31.6 Å². The highest BCUT2D eigenvalue weighted by atomic mass is 32.2. The van der Waals surface area contributed by atoms with Crippen molar-refractivity contribution in [1.29, 1.82) is 0 Å². The van der Waals surface area contributed by atoms with Gasteiger partial charge in [-0.25, -0.2) is 8.42 Å². The summed E-state index contributed by atoms with van der Waals surface area (Å²) < 4.78 is 23.6. The fourth-order valence-corrected chi connectivity index (χ4v) is 3.63. The highest BCUT2D eigenvalue weighted by molar-refractivity contribution is 7.91. The fraction of sp³-hybridized carbons (Fsp3) is 0.600. The lowest BCUT2D eigenvalue weighted by Crippen LogP contribution is -2.35. The average molecular weight is 297 g/mol. The molecule has 112 valence electrons. The molecule has 1 heterocycles. The van der Waals surface area contributed by atoms with Gasteiger partial charge in [0.25, 0.3) is 0 Å². The van der Waals surface area contributed by atoms with Crippen molar-refractivity contribution in [2.75, 3.05) is 30.3 Å². The van der Waals surface area contributed by atoms with Crippen LogP contribution in [-0.2, 0) is 9.84 Å². The summed E-state index contributed by atoms with van der Waals surface area (Å²) in [6.45, 7) is 3.85. The number of benzene rings is 1. The molecule has 0 aromatic heterocycles. The minimum absolute atomic E-state index is 0.134. The average Bonchev–Trinajstić information content (AvgIpc) is 2.48. The standard InChI is InChI=1S/C15H23NO3S/c1-2-20(18,19)15-7-5-14(6-8-15)16-10-3-4-13(12-16)9-11-17/h5-8,13,17H,2-4,9-12H2,1H3. The first-order chi connectivity index (χ1) is 9.56. The molecule has 4 nitrogen and oxygen atoms in total. The van der Waals surface area contributed by atoms with Crippen LogP contribution in [0.2, 0.25) is 0 Å². The van der Waals surface area contributed by atoms with Crippen molar-refractivity contribution in [3.63, 3.8) is 0 Å². The van der Waals surface area contributed by atoms with Crippen LogP contribution in [0, 0.1) is 5.92 Å². The van der Waals surface area contributed by atoms with Gasteiger partial charge in [0.2, 0.25) is 0 Å². The van der Waals surface area contributed by atoms with Crippen LogP contribution in [-0.4, -0.2) is 39.0 Å². The summed E-state index contributed by atoms with van der Waals surface area (Å²) in [5.74, 6) is 0.669. The van der Waals surface area contributed by atoms with Gasteiger partial charge in [0, 0.05) is 25.4 Å². The minimum Gasteiger partial charge on any atom is -0.396 e. The number of anilines is 1. The number of hydrogen-bond acceptors (Lipinski definition) is 4. The Hall–Kier alpha value is -1.07. The van der Waals surface area contributed by atoms with Gasteiger partial charge in [-0.1, -0.05) is 6.92 Å². The van der Waals surface area contributed by atoms with E-state index in [9.17, 15) is 8.42 Å². The van der Waals surface area contributed by atoms with Gasteiger partial charge in [0.05, 0.1) is 10.6 Å². The first-order valence-corrected chi connectivity index (χ1v) is 8.90. The van der Waals surface area contributed by atoms with E-state index in [1.165, 1.54) is 6.42 Å². The molecule has 0 bridgehead atoms. The van der Waals surface area contributed by atoms with Crippen molar-refractivity contribution >= 4 is 15.5 Å². The maximum absolute atomic E-state index is 11.8. The lowest BCUT2D eigenvalue weighted by atomic mass is 9.95. The summed E-state index contributed by atoms with van der Waals surface area (Å²) in [6, 6.07) is 7.18. The van der Waals surface area contributed by atoms with Crippen molar-refractivity contribution in [3.8, 4) is 0 Å². The van der Waals surface area contributed by atoms with Gasteiger partial charge in [-0.15, -0.1) is 0 Å². The highest BCUT2D eigenvalue weighted by Crippen LogP contribution is 2.26. The molecule has 1 aromatic carbocycles. The molecule has 0 saturated carbocycles. The Morgan fingerprint density at radius 1 is 1.30 bits per heavy atom. The Balaban J connectivity index is 2.10. The van der Waals surface area contributed by atoms with Gasteiger partial charge < -0.3 is 10.0 Å². The maximum atomic E-state index is 11.8. The SMILES string of the molecule is CCS(=O)(=O)c1ccc(N2CCCC(CCO)C2)cc1. The van der Waals surface area contributed by atoms with Gasteiger partial charge in [-0.2, -0.15) is 0 Å². The van der Waals surface area contributed by atoms with E-state index in [2.05, 4.69) is 4.90 Å². The van der Waals surface area contributed by atoms with Crippen molar-refractivity contribution in [2.45, 2.75) is 31.1 Å². The minimum atomic E-state index is -3.12. The quantitative estimate of drug-likeness (QED) is 0.904. The van der Waals surface area contributed by atoms with E-state index < -0.39 is 9.84 Å². The molecule has 0 amide bonds. The van der Waals surface area contributed by atoms with Crippen LogP contribution in [0.3, 0.4) is 0 Å². The van der Waals surface area contributed by atoms with E-state index in [1.807, 2.05) is 12.1 Å². The van der Waals surface area contributed by atoms with Gasteiger partial charge in [-0.3, -0.25) is 0 Å². The van der Waals surface area contributed by atoms with Gasteiger partial charge in [0.15, 0.2) is 9.84 Å². The summed E-state index contributed by atoms with van der Waals surface area (Å²) in [4.78, 5) is 2.68. The normalized spacial score (nSPS) is 20.1. The van der Waals surface area contributed by atoms with Crippen LogP contribution in [0.5, 0.6) is 0 Å². The number of aliphatic hydroxyl groups excluding tert-OH is 1. The summed E-state index contributed by atoms with van der Waals surface area (Å²) in [7, 11) is -3.12. The molecule has 1 saturated heterocycles. The molecule has 1 aliphatic heterocycles. The zero-order chi connectivity index (χ0) is 14.6. The second kappa shape index (κ2) is 6.59. The van der Waals surface area contributed by atoms with Crippen molar-refractivity contribution in [1.82, 2.24) is 0 Å². The van der Waals surface area contributed by atoms with Gasteiger partial charge in [-0.05, 0) is 49.4 Å². The molecule has 5 heteroatoms. The van der Waals surface area contributed by atoms with E-state index in [-0.39, 0.29) is 12.4 Å². The van der Waals surface area contributed by atoms with Crippen LogP contribution in [0.4, 0.5) is 5.69 Å². The zero-order valence-electron chi connectivity index (χ0n) is 12.0. The van der Waals surface area contributed by atoms with Crippen molar-refractivity contribution < 1.29 is 13.5 Å². The van der Waals surface area contributed by atoms with Crippen molar-refractivity contribution in [3.05, 3.63) is 24.3 Å².